The number of allylic oxidation sites excluding steroid dienone is 2. The first-order valence-corrected chi connectivity index (χ1v) is 11.4. The van der Waals surface area contributed by atoms with Crippen LogP contribution in [0.15, 0.2) is 24.3 Å². The lowest BCUT2D eigenvalue weighted by molar-refractivity contribution is -0.137. The van der Waals surface area contributed by atoms with Crippen LogP contribution in [-0.2, 0) is 4.79 Å². The molecular weight excluding hydrogens is 376 g/mol. The van der Waals surface area contributed by atoms with Gasteiger partial charge in [-0.3, -0.25) is 4.79 Å². The molecule has 3 unspecified atom stereocenters. The summed E-state index contributed by atoms with van der Waals surface area (Å²) in [6, 6.07) is 0. The molecule has 0 spiro atoms. The Balaban J connectivity index is 1.84. The summed E-state index contributed by atoms with van der Waals surface area (Å²) in [4.78, 5) is 10.5. The second-order valence-electron chi connectivity index (χ2n) is 8.70. The van der Waals surface area contributed by atoms with Gasteiger partial charge >= 0.3 is 5.97 Å². The maximum atomic E-state index is 10.7. The number of aliphatic carboxylic acids is 1. The molecule has 0 aromatic carbocycles. The summed E-state index contributed by atoms with van der Waals surface area (Å²) in [6.07, 6.45) is 16.8. The Morgan fingerprint density at radius 1 is 1.29 bits per heavy atom. The van der Waals surface area contributed by atoms with Crippen LogP contribution < -0.4 is 0 Å². The number of carboxylic acids is 1. The highest BCUT2D eigenvalue weighted by molar-refractivity contribution is 6.21. The molecule has 28 heavy (non-hydrogen) atoms. The molecule has 5 heteroatoms. The van der Waals surface area contributed by atoms with Crippen LogP contribution in [0.25, 0.3) is 0 Å². The van der Waals surface area contributed by atoms with E-state index in [0.717, 1.165) is 38.5 Å². The molecule has 4 nitrogen and oxygen atoms in total. The molecule has 2 aliphatic rings. The summed E-state index contributed by atoms with van der Waals surface area (Å²) in [5.41, 5.74) is 0.112. The van der Waals surface area contributed by atoms with Crippen molar-refractivity contribution < 1.29 is 20.1 Å². The lowest BCUT2D eigenvalue weighted by Crippen LogP contribution is -2.41. The Hall–Kier alpha value is -0.840. The van der Waals surface area contributed by atoms with Gasteiger partial charge in [-0.05, 0) is 62.7 Å². The van der Waals surface area contributed by atoms with Gasteiger partial charge in [-0.1, -0.05) is 44.1 Å². The lowest BCUT2D eigenvalue weighted by atomic mass is 9.62. The monoisotopic (exact) mass is 412 g/mol. The van der Waals surface area contributed by atoms with Crippen LogP contribution in [0.2, 0.25) is 0 Å². The number of rotatable bonds is 12. The van der Waals surface area contributed by atoms with Gasteiger partial charge in [0.2, 0.25) is 0 Å². The Kier molecular flexibility index (Phi) is 9.52. The van der Waals surface area contributed by atoms with E-state index < -0.39 is 12.1 Å². The molecule has 0 bridgehead atoms. The van der Waals surface area contributed by atoms with Gasteiger partial charge in [0, 0.05) is 17.7 Å². The topological polar surface area (TPSA) is 77.8 Å². The van der Waals surface area contributed by atoms with Gasteiger partial charge in [0.1, 0.15) is 0 Å². The smallest absolute Gasteiger partial charge is 0.303 e. The summed E-state index contributed by atoms with van der Waals surface area (Å²) in [7, 11) is 0. The first-order chi connectivity index (χ1) is 13.4. The SMILES string of the molecule is CCCC1(C(O)CC=C[C@H]2C(O)CC(Cl)[C@@H]2CC=CCCCC(=O)O)CCC1. The highest BCUT2D eigenvalue weighted by Gasteiger charge is 2.42. The van der Waals surface area contributed by atoms with Crippen LogP contribution in [0.5, 0.6) is 0 Å². The van der Waals surface area contributed by atoms with Crippen LogP contribution in [0, 0.1) is 17.3 Å². The third-order valence-corrected chi connectivity index (χ3v) is 7.23. The summed E-state index contributed by atoms with van der Waals surface area (Å²) in [5.74, 6) is -0.570. The molecule has 0 aromatic rings. The van der Waals surface area contributed by atoms with E-state index in [1.165, 1.54) is 6.42 Å². The van der Waals surface area contributed by atoms with Crippen molar-refractivity contribution in [1.29, 1.82) is 0 Å². The van der Waals surface area contributed by atoms with Crippen molar-refractivity contribution in [2.24, 2.45) is 17.3 Å². The number of aliphatic hydroxyl groups excluding tert-OH is 2. The van der Waals surface area contributed by atoms with Crippen molar-refractivity contribution in [3.8, 4) is 0 Å². The first kappa shape index (κ1) is 23.4. The molecule has 0 aliphatic heterocycles. The van der Waals surface area contributed by atoms with Crippen molar-refractivity contribution in [1.82, 2.24) is 0 Å². The molecule has 160 valence electrons. The standard InChI is InChI=1S/C23H37ClO4/c1-2-13-23(14-8-15-23)21(26)11-7-10-18-17(19(24)16-20(18)25)9-5-3-4-6-12-22(27)28/h3,5,7,10,17-21,25-26H,2,4,6,8-9,11-16H2,1H3,(H,27,28)/t17-,18-,19?,20?,21?/m1/s1. The van der Waals surface area contributed by atoms with Crippen molar-refractivity contribution in [2.75, 3.05) is 0 Å². The summed E-state index contributed by atoms with van der Waals surface area (Å²) in [5, 5.41) is 29.7. The molecule has 0 heterocycles. The van der Waals surface area contributed by atoms with Crippen molar-refractivity contribution in [2.45, 2.75) is 95.1 Å². The molecule has 2 fully saturated rings. The number of hydrogen-bond donors (Lipinski definition) is 3. The second kappa shape index (κ2) is 11.4. The fraction of sp³-hybridized carbons (Fsp3) is 0.783. The van der Waals surface area contributed by atoms with Crippen LogP contribution in [-0.4, -0.2) is 38.9 Å². The van der Waals surface area contributed by atoms with E-state index >= 15 is 0 Å². The highest BCUT2D eigenvalue weighted by Crippen LogP contribution is 2.48. The molecule has 0 aromatic heterocycles. The fourth-order valence-corrected chi connectivity index (χ4v) is 5.35. The molecular formula is C23H37ClO4. The maximum Gasteiger partial charge on any atom is 0.303 e. The van der Waals surface area contributed by atoms with Crippen LogP contribution in [0.3, 0.4) is 0 Å². The zero-order valence-corrected chi connectivity index (χ0v) is 17.9. The van der Waals surface area contributed by atoms with Gasteiger partial charge in [0.15, 0.2) is 0 Å². The quantitative estimate of drug-likeness (QED) is 0.237. The fourth-order valence-electron chi connectivity index (χ4n) is 4.90. The van der Waals surface area contributed by atoms with Crippen LogP contribution in [0.1, 0.15) is 77.6 Å². The summed E-state index contributed by atoms with van der Waals surface area (Å²) in [6.45, 7) is 2.18. The minimum Gasteiger partial charge on any atom is -0.481 e. The van der Waals surface area contributed by atoms with E-state index in [2.05, 4.69) is 19.1 Å². The largest absolute Gasteiger partial charge is 0.481 e. The van der Waals surface area contributed by atoms with Gasteiger partial charge in [-0.2, -0.15) is 0 Å². The minimum atomic E-state index is -0.761. The number of unbranched alkanes of at least 4 members (excludes halogenated alkanes) is 1. The highest BCUT2D eigenvalue weighted by atomic mass is 35.5. The lowest BCUT2D eigenvalue weighted by Gasteiger charge is -2.45. The van der Waals surface area contributed by atoms with Gasteiger partial charge in [0.05, 0.1) is 12.2 Å². The molecule has 2 saturated carbocycles. The van der Waals surface area contributed by atoms with E-state index in [1.54, 1.807) is 0 Å². The second-order valence-corrected chi connectivity index (χ2v) is 9.26. The van der Waals surface area contributed by atoms with E-state index in [4.69, 9.17) is 16.7 Å². The average Bonchev–Trinajstić information content (AvgIpc) is 2.87. The van der Waals surface area contributed by atoms with Crippen molar-refractivity contribution >= 4 is 17.6 Å². The Labute approximate surface area is 174 Å². The van der Waals surface area contributed by atoms with Crippen LogP contribution in [0.4, 0.5) is 0 Å². The molecule has 0 radical (unpaired) electrons. The first-order valence-electron chi connectivity index (χ1n) is 10.9. The molecule has 2 aliphatic carbocycles. The van der Waals surface area contributed by atoms with E-state index in [9.17, 15) is 15.0 Å². The Morgan fingerprint density at radius 2 is 2.04 bits per heavy atom. The molecule has 0 amide bonds. The third kappa shape index (κ3) is 6.33. The molecule has 5 atom stereocenters. The van der Waals surface area contributed by atoms with Crippen molar-refractivity contribution in [3.63, 3.8) is 0 Å². The maximum absolute atomic E-state index is 10.7. The Bertz CT molecular complexity index is 541. The van der Waals surface area contributed by atoms with Crippen LogP contribution >= 0.6 is 11.6 Å². The number of hydrogen-bond acceptors (Lipinski definition) is 3. The predicted molar refractivity (Wildman–Crippen MR) is 113 cm³/mol. The zero-order valence-electron chi connectivity index (χ0n) is 17.1. The summed E-state index contributed by atoms with van der Waals surface area (Å²) < 4.78 is 0. The molecule has 3 N–H and O–H groups in total. The zero-order chi connectivity index (χ0) is 20.6. The molecule has 2 rings (SSSR count). The van der Waals surface area contributed by atoms with E-state index in [-0.39, 0.29) is 35.2 Å². The summed E-state index contributed by atoms with van der Waals surface area (Å²) >= 11 is 6.48. The Morgan fingerprint density at radius 3 is 2.64 bits per heavy atom. The molecule has 0 saturated heterocycles. The third-order valence-electron chi connectivity index (χ3n) is 6.73. The number of aliphatic hydroxyl groups is 2. The van der Waals surface area contributed by atoms with Gasteiger partial charge < -0.3 is 15.3 Å². The minimum absolute atomic E-state index is 0.0156. The number of carbonyl (C=O) groups is 1. The normalized spacial score (nSPS) is 30.7. The van der Waals surface area contributed by atoms with Gasteiger partial charge in [0.25, 0.3) is 0 Å². The number of alkyl halides is 1. The van der Waals surface area contributed by atoms with E-state index in [0.29, 0.717) is 19.3 Å². The van der Waals surface area contributed by atoms with Gasteiger partial charge in [-0.15, -0.1) is 11.6 Å². The predicted octanol–water partition coefficient (Wildman–Crippen LogP) is 5.07. The van der Waals surface area contributed by atoms with Crippen molar-refractivity contribution in [3.05, 3.63) is 24.3 Å². The number of carboxylic acid groups (broad SMARTS) is 1. The van der Waals surface area contributed by atoms with E-state index in [1.807, 2.05) is 12.2 Å². The van der Waals surface area contributed by atoms with Gasteiger partial charge in [-0.25, -0.2) is 0 Å². The number of halogens is 1. The average molecular weight is 413 g/mol.